The van der Waals surface area contributed by atoms with E-state index in [-0.39, 0.29) is 5.54 Å². The van der Waals surface area contributed by atoms with Crippen molar-refractivity contribution < 1.29 is 4.42 Å². The van der Waals surface area contributed by atoms with E-state index in [0.717, 1.165) is 18.9 Å². The minimum absolute atomic E-state index is 0.134. The Kier molecular flexibility index (Phi) is 2.36. The van der Waals surface area contributed by atoms with Crippen LogP contribution in [0.3, 0.4) is 0 Å². The van der Waals surface area contributed by atoms with Crippen LogP contribution in [0.5, 0.6) is 0 Å². The molecule has 1 saturated carbocycles. The van der Waals surface area contributed by atoms with Crippen molar-refractivity contribution in [2.45, 2.75) is 45.1 Å². The molecule has 1 aromatic heterocycles. The zero-order chi connectivity index (χ0) is 11.2. The second-order valence-corrected chi connectivity index (χ2v) is 5.71. The van der Waals surface area contributed by atoms with E-state index in [1.54, 1.807) is 0 Å². The third-order valence-electron chi connectivity index (χ3n) is 4.59. The van der Waals surface area contributed by atoms with Gasteiger partial charge in [0.2, 0.25) is 0 Å². The Morgan fingerprint density at radius 1 is 1.38 bits per heavy atom. The van der Waals surface area contributed by atoms with Gasteiger partial charge in [-0.15, -0.1) is 0 Å². The lowest BCUT2D eigenvalue weighted by molar-refractivity contribution is 0.0870. The van der Waals surface area contributed by atoms with E-state index in [4.69, 9.17) is 4.42 Å². The van der Waals surface area contributed by atoms with Crippen LogP contribution in [0.4, 0.5) is 0 Å². The topological polar surface area (TPSA) is 25.2 Å². The fraction of sp³-hybridized carbons (Fsp3) is 0.714. The van der Waals surface area contributed by atoms with Crippen molar-refractivity contribution in [2.24, 2.45) is 11.8 Å². The number of nitrogens with one attached hydrogen (secondary N) is 1. The van der Waals surface area contributed by atoms with E-state index >= 15 is 0 Å². The Bertz CT molecular complexity index is 384. The van der Waals surface area contributed by atoms with Crippen LogP contribution < -0.4 is 5.32 Å². The van der Waals surface area contributed by atoms with Crippen LogP contribution >= 0.6 is 0 Å². The van der Waals surface area contributed by atoms with E-state index in [1.807, 2.05) is 6.26 Å². The first kappa shape index (κ1) is 10.4. The summed E-state index contributed by atoms with van der Waals surface area (Å²) in [6, 6.07) is 2.16. The largest absolute Gasteiger partial charge is 0.467 e. The zero-order valence-corrected chi connectivity index (χ0v) is 10.3. The lowest BCUT2D eigenvalue weighted by Gasteiger charge is -2.47. The number of furan rings is 1. The minimum Gasteiger partial charge on any atom is -0.467 e. The van der Waals surface area contributed by atoms with E-state index < -0.39 is 0 Å². The molecule has 2 aliphatic rings. The monoisotopic (exact) mass is 219 g/mol. The first-order valence-electron chi connectivity index (χ1n) is 6.54. The normalized spacial score (nSPS) is 38.6. The molecule has 1 spiro atoms. The van der Waals surface area contributed by atoms with Crippen LogP contribution in [0.25, 0.3) is 0 Å². The summed E-state index contributed by atoms with van der Waals surface area (Å²) in [5.41, 5.74) is 1.56. The molecule has 1 aromatic rings. The highest BCUT2D eigenvalue weighted by Gasteiger charge is 2.46. The standard InChI is InChI=1S/C14H21NO/c1-10-3-4-11(2)14(9-10)13-12(5-7-15-14)6-8-16-13/h6,8,10-11,15H,3-5,7,9H2,1-2H3. The summed E-state index contributed by atoms with van der Waals surface area (Å²) in [7, 11) is 0. The molecule has 1 aliphatic carbocycles. The van der Waals surface area contributed by atoms with Crippen LogP contribution in [0.2, 0.25) is 0 Å². The molecule has 2 nitrogen and oxygen atoms in total. The lowest BCUT2D eigenvalue weighted by atomic mass is 9.66. The van der Waals surface area contributed by atoms with Gasteiger partial charge in [0.25, 0.3) is 0 Å². The maximum atomic E-state index is 5.81. The molecule has 88 valence electrons. The van der Waals surface area contributed by atoms with Crippen LogP contribution in [0.15, 0.2) is 16.7 Å². The number of hydrogen-bond donors (Lipinski definition) is 1. The lowest BCUT2D eigenvalue weighted by Crippen LogP contribution is -2.54. The van der Waals surface area contributed by atoms with Crippen LogP contribution in [-0.4, -0.2) is 6.54 Å². The SMILES string of the molecule is CC1CCC(C)C2(C1)NCCc1ccoc12. The molecule has 0 bridgehead atoms. The highest BCUT2D eigenvalue weighted by Crippen LogP contribution is 2.46. The summed E-state index contributed by atoms with van der Waals surface area (Å²) in [5, 5.41) is 3.76. The number of rotatable bonds is 0. The molecule has 1 aliphatic heterocycles. The molecule has 0 saturated heterocycles. The summed E-state index contributed by atoms with van der Waals surface area (Å²) in [4.78, 5) is 0. The first-order chi connectivity index (χ1) is 7.72. The summed E-state index contributed by atoms with van der Waals surface area (Å²) >= 11 is 0. The molecule has 2 heterocycles. The van der Waals surface area contributed by atoms with E-state index in [9.17, 15) is 0 Å². The fourth-order valence-corrected chi connectivity index (χ4v) is 3.62. The van der Waals surface area contributed by atoms with E-state index in [1.165, 1.54) is 30.6 Å². The van der Waals surface area contributed by atoms with Crippen molar-refractivity contribution in [3.05, 3.63) is 23.7 Å². The maximum Gasteiger partial charge on any atom is 0.127 e. The molecule has 1 N–H and O–H groups in total. The number of fused-ring (bicyclic) bond motifs is 2. The summed E-state index contributed by atoms with van der Waals surface area (Å²) in [5.74, 6) is 2.73. The smallest absolute Gasteiger partial charge is 0.127 e. The van der Waals surface area contributed by atoms with Crippen molar-refractivity contribution in [3.8, 4) is 0 Å². The molecule has 0 amide bonds. The quantitative estimate of drug-likeness (QED) is 0.725. The van der Waals surface area contributed by atoms with Gasteiger partial charge >= 0.3 is 0 Å². The minimum atomic E-state index is 0.134. The summed E-state index contributed by atoms with van der Waals surface area (Å²) in [6.07, 6.45) is 6.89. The molecule has 0 radical (unpaired) electrons. The molecule has 0 aromatic carbocycles. The van der Waals surface area contributed by atoms with Gasteiger partial charge in [0.1, 0.15) is 5.76 Å². The Balaban J connectivity index is 2.04. The summed E-state index contributed by atoms with van der Waals surface area (Å²) < 4.78 is 5.81. The van der Waals surface area contributed by atoms with Crippen molar-refractivity contribution >= 4 is 0 Å². The van der Waals surface area contributed by atoms with Gasteiger partial charge < -0.3 is 9.73 Å². The van der Waals surface area contributed by atoms with Crippen LogP contribution in [-0.2, 0) is 12.0 Å². The molecule has 16 heavy (non-hydrogen) atoms. The third-order valence-corrected chi connectivity index (χ3v) is 4.59. The molecular formula is C14H21NO. The fourth-order valence-electron chi connectivity index (χ4n) is 3.62. The average Bonchev–Trinajstić information content (AvgIpc) is 2.74. The van der Waals surface area contributed by atoms with Crippen LogP contribution in [0.1, 0.15) is 44.4 Å². The molecule has 3 atom stereocenters. The number of hydrogen-bond acceptors (Lipinski definition) is 2. The van der Waals surface area contributed by atoms with Gasteiger partial charge in [0, 0.05) is 6.54 Å². The highest BCUT2D eigenvalue weighted by atomic mass is 16.3. The predicted molar refractivity (Wildman–Crippen MR) is 64.3 cm³/mol. The van der Waals surface area contributed by atoms with Gasteiger partial charge in [-0.1, -0.05) is 20.3 Å². The van der Waals surface area contributed by atoms with Gasteiger partial charge in [-0.25, -0.2) is 0 Å². The Morgan fingerprint density at radius 3 is 3.12 bits per heavy atom. The van der Waals surface area contributed by atoms with Crippen LogP contribution in [0, 0.1) is 11.8 Å². The van der Waals surface area contributed by atoms with Crippen molar-refractivity contribution in [1.29, 1.82) is 0 Å². The van der Waals surface area contributed by atoms with Gasteiger partial charge in [-0.2, -0.15) is 0 Å². The molecule has 3 rings (SSSR count). The van der Waals surface area contributed by atoms with Crippen molar-refractivity contribution in [3.63, 3.8) is 0 Å². The summed E-state index contributed by atoms with van der Waals surface area (Å²) in [6.45, 7) is 5.84. The highest BCUT2D eigenvalue weighted by molar-refractivity contribution is 5.29. The second kappa shape index (κ2) is 3.63. The third kappa shape index (κ3) is 1.36. The maximum absolute atomic E-state index is 5.81. The molecule has 1 fully saturated rings. The van der Waals surface area contributed by atoms with Crippen molar-refractivity contribution in [1.82, 2.24) is 5.32 Å². The molecular weight excluding hydrogens is 198 g/mol. The zero-order valence-electron chi connectivity index (χ0n) is 10.3. The Morgan fingerprint density at radius 2 is 2.25 bits per heavy atom. The Hall–Kier alpha value is -0.760. The van der Waals surface area contributed by atoms with Gasteiger partial charge in [0.15, 0.2) is 0 Å². The Labute approximate surface area is 97.4 Å². The second-order valence-electron chi connectivity index (χ2n) is 5.71. The van der Waals surface area contributed by atoms with Gasteiger partial charge in [-0.3, -0.25) is 0 Å². The van der Waals surface area contributed by atoms with Gasteiger partial charge in [-0.05, 0) is 42.7 Å². The van der Waals surface area contributed by atoms with E-state index in [0.29, 0.717) is 5.92 Å². The molecule has 3 unspecified atom stereocenters. The predicted octanol–water partition coefficient (Wildman–Crippen LogP) is 3.08. The van der Waals surface area contributed by atoms with E-state index in [2.05, 4.69) is 25.2 Å². The average molecular weight is 219 g/mol. The van der Waals surface area contributed by atoms with Gasteiger partial charge in [0.05, 0.1) is 11.8 Å². The van der Waals surface area contributed by atoms with Crippen molar-refractivity contribution in [2.75, 3.05) is 6.54 Å². The first-order valence-corrected chi connectivity index (χ1v) is 6.54. The molecule has 2 heteroatoms.